The molecule has 4 rings (SSSR count). The second-order valence-corrected chi connectivity index (χ2v) is 9.78. The lowest BCUT2D eigenvalue weighted by atomic mass is 10.0. The van der Waals surface area contributed by atoms with E-state index in [-0.39, 0.29) is 28.1 Å². The summed E-state index contributed by atoms with van der Waals surface area (Å²) in [6.45, 7) is 0. The number of halogens is 1. The van der Waals surface area contributed by atoms with Gasteiger partial charge < -0.3 is 15.5 Å². The Hall–Kier alpha value is -2.26. The fourth-order valence-corrected chi connectivity index (χ4v) is 4.80. The summed E-state index contributed by atoms with van der Waals surface area (Å²) in [4.78, 5) is 11.5. The molecule has 0 unspecified atom stereocenters. The van der Waals surface area contributed by atoms with Crippen molar-refractivity contribution in [2.75, 3.05) is 10.0 Å². The Labute approximate surface area is 171 Å². The van der Waals surface area contributed by atoms with Crippen LogP contribution in [0.15, 0.2) is 39.7 Å². The predicted octanol–water partition coefficient (Wildman–Crippen LogP) is 4.11. The maximum atomic E-state index is 13.1. The highest BCUT2D eigenvalue weighted by molar-refractivity contribution is 9.10. The maximum absolute atomic E-state index is 13.1. The van der Waals surface area contributed by atoms with Gasteiger partial charge in [-0.1, -0.05) is 15.9 Å². The Morgan fingerprint density at radius 3 is 2.39 bits per heavy atom. The van der Waals surface area contributed by atoms with E-state index in [1.54, 1.807) is 12.1 Å². The van der Waals surface area contributed by atoms with Crippen LogP contribution in [-0.2, 0) is 10.0 Å². The summed E-state index contributed by atoms with van der Waals surface area (Å²) >= 11 is 3.29. The highest BCUT2D eigenvalue weighted by Crippen LogP contribution is 2.44. The van der Waals surface area contributed by atoms with Crippen LogP contribution in [0.25, 0.3) is 0 Å². The third-order valence-electron chi connectivity index (χ3n) is 4.83. The smallest absolute Gasteiger partial charge is 0.339 e. The van der Waals surface area contributed by atoms with Crippen molar-refractivity contribution in [3.05, 3.63) is 45.9 Å². The average molecular weight is 467 g/mol. The molecule has 0 saturated heterocycles. The second-order valence-electron chi connectivity index (χ2n) is 7.21. The van der Waals surface area contributed by atoms with E-state index in [4.69, 9.17) is 0 Å². The summed E-state index contributed by atoms with van der Waals surface area (Å²) in [5, 5.41) is 22.9. The number of carboxylic acids is 1. The first-order valence-corrected chi connectivity index (χ1v) is 11.2. The van der Waals surface area contributed by atoms with E-state index < -0.39 is 21.7 Å². The summed E-state index contributed by atoms with van der Waals surface area (Å²) < 4.78 is 29.1. The van der Waals surface area contributed by atoms with Crippen molar-refractivity contribution < 1.29 is 23.4 Å². The Kier molecular flexibility index (Phi) is 4.75. The molecule has 0 radical (unpaired) electrons. The number of rotatable bonds is 7. The van der Waals surface area contributed by atoms with Crippen LogP contribution in [0.2, 0.25) is 0 Å². The van der Waals surface area contributed by atoms with Gasteiger partial charge >= 0.3 is 5.97 Å². The summed E-state index contributed by atoms with van der Waals surface area (Å²) in [7, 11) is -4.07. The molecule has 0 heterocycles. The van der Waals surface area contributed by atoms with Crippen LogP contribution < -0.4 is 10.0 Å². The number of sulfonamides is 1. The van der Waals surface area contributed by atoms with Crippen LogP contribution in [0.4, 0.5) is 11.4 Å². The van der Waals surface area contributed by atoms with E-state index in [0.717, 1.165) is 25.7 Å². The van der Waals surface area contributed by atoms with E-state index in [1.807, 2.05) is 0 Å². The minimum atomic E-state index is -4.07. The molecule has 4 N–H and O–H groups in total. The highest BCUT2D eigenvalue weighted by atomic mass is 79.9. The van der Waals surface area contributed by atoms with Gasteiger partial charge in [0.1, 0.15) is 10.5 Å². The van der Waals surface area contributed by atoms with Crippen LogP contribution >= 0.6 is 15.9 Å². The molecule has 0 amide bonds. The molecule has 0 spiro atoms. The summed E-state index contributed by atoms with van der Waals surface area (Å²) in [5.41, 5.74) is 0.736. The predicted molar refractivity (Wildman–Crippen MR) is 109 cm³/mol. The molecule has 28 heavy (non-hydrogen) atoms. The molecular weight excluding hydrogens is 448 g/mol. The van der Waals surface area contributed by atoms with Gasteiger partial charge in [0.25, 0.3) is 10.0 Å². The van der Waals surface area contributed by atoms with Gasteiger partial charge in [-0.2, -0.15) is 0 Å². The Balaban J connectivity index is 1.74. The zero-order valence-corrected chi connectivity index (χ0v) is 17.2. The first-order chi connectivity index (χ1) is 13.2. The number of carboxylic acid groups (broad SMARTS) is 1. The summed E-state index contributed by atoms with van der Waals surface area (Å²) in [6.07, 6.45) is 3.79. The number of hydrogen-bond acceptors (Lipinski definition) is 5. The van der Waals surface area contributed by atoms with Crippen LogP contribution in [0.3, 0.4) is 0 Å². The highest BCUT2D eigenvalue weighted by Gasteiger charge is 2.30. The van der Waals surface area contributed by atoms with Gasteiger partial charge in [0, 0.05) is 10.5 Å². The van der Waals surface area contributed by atoms with Crippen molar-refractivity contribution in [1.29, 1.82) is 0 Å². The van der Waals surface area contributed by atoms with E-state index in [0.29, 0.717) is 15.7 Å². The largest absolute Gasteiger partial charge is 0.505 e. The van der Waals surface area contributed by atoms with Gasteiger partial charge in [0.2, 0.25) is 0 Å². The fraction of sp³-hybridized carbons (Fsp3) is 0.316. The van der Waals surface area contributed by atoms with Crippen molar-refractivity contribution >= 4 is 43.3 Å². The van der Waals surface area contributed by atoms with Gasteiger partial charge in [-0.15, -0.1) is 0 Å². The van der Waals surface area contributed by atoms with E-state index in [1.165, 1.54) is 18.2 Å². The van der Waals surface area contributed by atoms with Crippen molar-refractivity contribution in [2.45, 2.75) is 42.5 Å². The lowest BCUT2D eigenvalue weighted by Gasteiger charge is -2.16. The number of phenols is 1. The molecule has 2 fully saturated rings. The molecule has 2 aromatic rings. The van der Waals surface area contributed by atoms with Gasteiger partial charge in [-0.3, -0.25) is 4.72 Å². The molecule has 9 heteroatoms. The number of carbonyl (C=O) groups is 1. The number of aromatic carboxylic acids is 1. The Morgan fingerprint density at radius 2 is 1.79 bits per heavy atom. The third kappa shape index (κ3) is 3.95. The minimum Gasteiger partial charge on any atom is -0.505 e. The third-order valence-corrected chi connectivity index (χ3v) is 6.72. The summed E-state index contributed by atoms with van der Waals surface area (Å²) in [6, 6.07) is 8.08. The lowest BCUT2D eigenvalue weighted by molar-refractivity contribution is 0.0693. The number of anilines is 2. The zero-order chi connectivity index (χ0) is 20.1. The van der Waals surface area contributed by atoms with E-state index >= 15 is 0 Å². The quantitative estimate of drug-likeness (QED) is 0.456. The first kappa shape index (κ1) is 19.1. The molecule has 148 valence electrons. The van der Waals surface area contributed by atoms with Gasteiger partial charge in [0.05, 0.1) is 11.4 Å². The maximum Gasteiger partial charge on any atom is 0.339 e. The molecule has 0 aromatic heterocycles. The Morgan fingerprint density at radius 1 is 1.07 bits per heavy atom. The standard InChI is InChI=1S/C19H19BrN2O5S/c20-12-3-6-15(21-13-4-5-13)17(9-12)28(26,27)22-16-8-11(10-1-2-10)7-14(18(16)23)19(24)25/h3,6-10,13,21-23H,1-2,4-5H2,(H,24,25). The molecule has 0 aliphatic heterocycles. The second kappa shape index (κ2) is 6.97. The van der Waals surface area contributed by atoms with Gasteiger partial charge in [-0.05, 0) is 67.5 Å². The number of nitrogens with one attached hydrogen (secondary N) is 2. The molecule has 0 bridgehead atoms. The number of hydrogen-bond donors (Lipinski definition) is 4. The summed E-state index contributed by atoms with van der Waals surface area (Å²) in [5.74, 6) is -1.70. The van der Waals surface area contributed by atoms with Crippen LogP contribution in [0.1, 0.15) is 47.5 Å². The molecule has 2 aromatic carbocycles. The van der Waals surface area contributed by atoms with Crippen molar-refractivity contribution in [3.63, 3.8) is 0 Å². The minimum absolute atomic E-state index is 0.0295. The monoisotopic (exact) mass is 466 g/mol. The first-order valence-electron chi connectivity index (χ1n) is 8.93. The molecule has 0 atom stereocenters. The number of aromatic hydroxyl groups is 1. The normalized spacial score (nSPS) is 16.6. The molecule has 2 aliphatic rings. The van der Waals surface area contributed by atoms with E-state index in [9.17, 15) is 23.4 Å². The van der Waals surface area contributed by atoms with Crippen molar-refractivity contribution in [3.8, 4) is 5.75 Å². The van der Waals surface area contributed by atoms with Gasteiger partial charge in [0.15, 0.2) is 5.75 Å². The van der Waals surface area contributed by atoms with Crippen molar-refractivity contribution in [1.82, 2.24) is 0 Å². The van der Waals surface area contributed by atoms with E-state index in [2.05, 4.69) is 26.0 Å². The van der Waals surface area contributed by atoms with Gasteiger partial charge in [-0.25, -0.2) is 13.2 Å². The van der Waals surface area contributed by atoms with Crippen LogP contribution in [0, 0.1) is 0 Å². The van der Waals surface area contributed by atoms with Crippen LogP contribution in [-0.4, -0.2) is 30.6 Å². The lowest BCUT2D eigenvalue weighted by Crippen LogP contribution is -2.17. The number of benzene rings is 2. The van der Waals surface area contributed by atoms with Crippen LogP contribution in [0.5, 0.6) is 5.75 Å². The SMILES string of the molecule is O=C(O)c1cc(C2CC2)cc(NS(=O)(=O)c2cc(Br)ccc2NC2CC2)c1O. The molecule has 7 nitrogen and oxygen atoms in total. The van der Waals surface area contributed by atoms with Crippen molar-refractivity contribution in [2.24, 2.45) is 0 Å². The molecule has 2 saturated carbocycles. The fourth-order valence-electron chi connectivity index (χ4n) is 3.04. The topological polar surface area (TPSA) is 116 Å². The molecule has 2 aliphatic carbocycles. The average Bonchev–Trinajstić information content (AvgIpc) is 3.51. The zero-order valence-electron chi connectivity index (χ0n) is 14.8. The Bertz CT molecular complexity index is 1060. The molecular formula is C19H19BrN2O5S.